The molecule has 6 nitrogen and oxygen atoms in total. The normalized spacial score (nSPS) is 21.7. The van der Waals surface area contributed by atoms with E-state index in [9.17, 15) is 13.2 Å². The number of hydrogen-bond donors (Lipinski definition) is 2. The molecule has 1 atom stereocenters. The summed E-state index contributed by atoms with van der Waals surface area (Å²) >= 11 is 0. The molecule has 3 rings (SSSR count). The van der Waals surface area contributed by atoms with E-state index < -0.39 is 10.0 Å². The van der Waals surface area contributed by atoms with Crippen LogP contribution in [0.3, 0.4) is 0 Å². The minimum absolute atomic E-state index is 0. The molecule has 8 heteroatoms. The molecule has 2 heterocycles. The standard InChI is InChI=1S/C19H29N3O3S.ClH/c23-19(21-15-16-7-6-10-20-14-16)17-8-5-9-18(13-17)26(24,25)22-11-3-1-2-4-12-22;/h5,8-9,13,16,20H,1-4,6-7,10-12,14-15H2,(H,21,23);1H. The molecule has 0 spiro atoms. The van der Waals surface area contributed by atoms with Crippen molar-refractivity contribution in [2.24, 2.45) is 5.92 Å². The minimum atomic E-state index is -3.53. The molecule has 1 aromatic carbocycles. The van der Waals surface area contributed by atoms with Crippen LogP contribution in [0, 0.1) is 5.92 Å². The van der Waals surface area contributed by atoms with Crippen molar-refractivity contribution in [3.8, 4) is 0 Å². The second-order valence-electron chi connectivity index (χ2n) is 7.27. The SMILES string of the molecule is Cl.O=C(NCC1CCCNC1)c1cccc(S(=O)(=O)N2CCCCCC2)c1. The average Bonchev–Trinajstić information content (AvgIpc) is 2.97. The predicted molar refractivity (Wildman–Crippen MR) is 109 cm³/mol. The first-order valence-electron chi connectivity index (χ1n) is 9.66. The Morgan fingerprint density at radius 3 is 2.56 bits per heavy atom. The number of amides is 1. The van der Waals surface area contributed by atoms with Gasteiger partial charge in [0.1, 0.15) is 0 Å². The van der Waals surface area contributed by atoms with Crippen molar-refractivity contribution in [1.29, 1.82) is 0 Å². The van der Waals surface area contributed by atoms with E-state index >= 15 is 0 Å². The predicted octanol–water partition coefficient (Wildman–Crippen LogP) is 2.40. The fraction of sp³-hybridized carbons (Fsp3) is 0.632. The summed E-state index contributed by atoms with van der Waals surface area (Å²) in [5.74, 6) is 0.236. The van der Waals surface area contributed by atoms with Crippen LogP contribution in [0.4, 0.5) is 0 Å². The van der Waals surface area contributed by atoms with Crippen molar-refractivity contribution in [2.45, 2.75) is 43.4 Å². The Balaban J connectivity index is 0.00000261. The molecule has 1 unspecified atom stereocenters. The van der Waals surface area contributed by atoms with Gasteiger partial charge >= 0.3 is 0 Å². The van der Waals surface area contributed by atoms with Crippen LogP contribution in [-0.2, 0) is 10.0 Å². The highest BCUT2D eigenvalue weighted by molar-refractivity contribution is 7.89. The van der Waals surface area contributed by atoms with Crippen LogP contribution in [0.5, 0.6) is 0 Å². The lowest BCUT2D eigenvalue weighted by atomic mass is 10.00. The van der Waals surface area contributed by atoms with Crippen LogP contribution >= 0.6 is 12.4 Å². The van der Waals surface area contributed by atoms with Crippen molar-refractivity contribution in [3.05, 3.63) is 29.8 Å². The van der Waals surface area contributed by atoms with E-state index in [1.54, 1.807) is 22.5 Å². The average molecular weight is 416 g/mol. The second kappa shape index (κ2) is 10.4. The minimum Gasteiger partial charge on any atom is -0.352 e. The maximum absolute atomic E-state index is 12.9. The molecule has 0 saturated carbocycles. The molecule has 0 radical (unpaired) electrons. The molecule has 1 aromatic rings. The maximum Gasteiger partial charge on any atom is 0.251 e. The Morgan fingerprint density at radius 1 is 1.15 bits per heavy atom. The molecule has 1 amide bonds. The largest absolute Gasteiger partial charge is 0.352 e. The number of hydrogen-bond acceptors (Lipinski definition) is 4. The number of sulfonamides is 1. The van der Waals surface area contributed by atoms with Gasteiger partial charge in [-0.2, -0.15) is 4.31 Å². The van der Waals surface area contributed by atoms with E-state index in [2.05, 4.69) is 10.6 Å². The van der Waals surface area contributed by atoms with Crippen molar-refractivity contribution >= 4 is 28.3 Å². The van der Waals surface area contributed by atoms with Gasteiger partial charge in [-0.1, -0.05) is 18.9 Å². The van der Waals surface area contributed by atoms with E-state index in [0.29, 0.717) is 31.1 Å². The number of benzene rings is 1. The summed E-state index contributed by atoms with van der Waals surface area (Å²) < 4.78 is 27.4. The van der Waals surface area contributed by atoms with Gasteiger partial charge in [-0.25, -0.2) is 8.42 Å². The van der Waals surface area contributed by atoms with E-state index in [4.69, 9.17) is 0 Å². The summed E-state index contributed by atoms with van der Waals surface area (Å²) in [5, 5.41) is 6.28. The van der Waals surface area contributed by atoms with Gasteiger partial charge in [0.05, 0.1) is 4.90 Å². The number of nitrogens with one attached hydrogen (secondary N) is 2. The number of halogens is 1. The fourth-order valence-electron chi connectivity index (χ4n) is 3.67. The first-order chi connectivity index (χ1) is 12.6. The van der Waals surface area contributed by atoms with E-state index in [0.717, 1.165) is 51.6 Å². The topological polar surface area (TPSA) is 78.5 Å². The molecule has 2 aliphatic heterocycles. The van der Waals surface area contributed by atoms with Gasteiger partial charge < -0.3 is 10.6 Å². The Kier molecular flexibility index (Phi) is 8.54. The van der Waals surface area contributed by atoms with Gasteiger partial charge in [-0.15, -0.1) is 12.4 Å². The Hall–Kier alpha value is -1.15. The van der Waals surface area contributed by atoms with Gasteiger partial charge in [-0.05, 0) is 62.9 Å². The number of piperidine rings is 1. The van der Waals surface area contributed by atoms with Crippen molar-refractivity contribution in [3.63, 3.8) is 0 Å². The van der Waals surface area contributed by atoms with Crippen molar-refractivity contribution in [2.75, 3.05) is 32.7 Å². The zero-order valence-electron chi connectivity index (χ0n) is 15.7. The van der Waals surface area contributed by atoms with Gasteiger partial charge in [0.15, 0.2) is 0 Å². The first kappa shape index (κ1) is 22.1. The third-order valence-electron chi connectivity index (χ3n) is 5.25. The van der Waals surface area contributed by atoms with Crippen LogP contribution < -0.4 is 10.6 Å². The molecule has 2 aliphatic rings. The highest BCUT2D eigenvalue weighted by Gasteiger charge is 2.26. The number of rotatable bonds is 5. The van der Waals surface area contributed by atoms with E-state index in [1.165, 1.54) is 6.07 Å². The lowest BCUT2D eigenvalue weighted by Crippen LogP contribution is -2.38. The van der Waals surface area contributed by atoms with Crippen molar-refractivity contribution < 1.29 is 13.2 Å². The van der Waals surface area contributed by atoms with E-state index in [1.807, 2.05) is 0 Å². The monoisotopic (exact) mass is 415 g/mol. The lowest BCUT2D eigenvalue weighted by Gasteiger charge is -2.23. The third-order valence-corrected chi connectivity index (χ3v) is 7.14. The number of nitrogens with zero attached hydrogens (tertiary/aromatic N) is 1. The van der Waals surface area contributed by atoms with Gasteiger partial charge in [0.2, 0.25) is 10.0 Å². The summed E-state index contributed by atoms with van der Waals surface area (Å²) in [4.78, 5) is 12.7. The summed E-state index contributed by atoms with van der Waals surface area (Å²) in [6.45, 7) is 3.71. The molecule has 0 aromatic heterocycles. The molecule has 0 aliphatic carbocycles. The molecule has 0 bridgehead atoms. The van der Waals surface area contributed by atoms with Crippen LogP contribution in [0.25, 0.3) is 0 Å². The van der Waals surface area contributed by atoms with Crippen LogP contribution in [0.2, 0.25) is 0 Å². The van der Waals surface area contributed by atoms with E-state index in [-0.39, 0.29) is 23.2 Å². The molecule has 2 saturated heterocycles. The van der Waals surface area contributed by atoms with Gasteiger partial charge in [-0.3, -0.25) is 4.79 Å². The second-order valence-corrected chi connectivity index (χ2v) is 9.21. The molecule has 2 N–H and O–H groups in total. The molecule has 152 valence electrons. The maximum atomic E-state index is 12.9. The highest BCUT2D eigenvalue weighted by atomic mass is 35.5. The molecule has 27 heavy (non-hydrogen) atoms. The summed E-state index contributed by atoms with van der Waals surface area (Å²) in [6, 6.07) is 6.43. The third kappa shape index (κ3) is 5.91. The first-order valence-corrected chi connectivity index (χ1v) is 11.1. The number of carbonyl (C=O) groups is 1. The lowest BCUT2D eigenvalue weighted by molar-refractivity contribution is 0.0944. The zero-order valence-corrected chi connectivity index (χ0v) is 17.3. The number of carbonyl (C=O) groups excluding carboxylic acids is 1. The Bertz CT molecular complexity index is 713. The van der Waals surface area contributed by atoms with Crippen LogP contribution in [-0.4, -0.2) is 51.4 Å². The Labute approximate surface area is 168 Å². The highest BCUT2D eigenvalue weighted by Crippen LogP contribution is 2.21. The zero-order chi connectivity index (χ0) is 18.4. The Morgan fingerprint density at radius 2 is 1.89 bits per heavy atom. The molecular formula is C19H30ClN3O3S. The van der Waals surface area contributed by atoms with Crippen molar-refractivity contribution in [1.82, 2.24) is 14.9 Å². The summed E-state index contributed by atoms with van der Waals surface area (Å²) in [7, 11) is -3.53. The quantitative estimate of drug-likeness (QED) is 0.774. The molecule has 2 fully saturated rings. The molecular weight excluding hydrogens is 386 g/mol. The smallest absolute Gasteiger partial charge is 0.251 e. The van der Waals surface area contributed by atoms with Gasteiger partial charge in [0, 0.05) is 25.2 Å². The van der Waals surface area contributed by atoms with Crippen LogP contribution in [0.15, 0.2) is 29.2 Å². The summed E-state index contributed by atoms with van der Waals surface area (Å²) in [6.07, 6.45) is 6.18. The summed E-state index contributed by atoms with van der Waals surface area (Å²) in [5.41, 5.74) is 0.407. The van der Waals surface area contributed by atoms with Gasteiger partial charge in [0.25, 0.3) is 5.91 Å². The van der Waals surface area contributed by atoms with Crippen LogP contribution in [0.1, 0.15) is 48.9 Å². The fourth-order valence-corrected chi connectivity index (χ4v) is 5.23.